The van der Waals surface area contributed by atoms with Gasteiger partial charge in [0.2, 0.25) is 0 Å². The van der Waals surface area contributed by atoms with Gasteiger partial charge < -0.3 is 9.84 Å². The molecule has 21 heavy (non-hydrogen) atoms. The van der Waals surface area contributed by atoms with Gasteiger partial charge in [-0.1, -0.05) is 90.9 Å². The van der Waals surface area contributed by atoms with Crippen LogP contribution in [0.15, 0.2) is 0 Å². The number of hydrogen-bond donors (Lipinski definition) is 1. The van der Waals surface area contributed by atoms with Gasteiger partial charge in [0, 0.05) is 6.61 Å². The van der Waals surface area contributed by atoms with Crippen molar-refractivity contribution in [2.24, 2.45) is 5.92 Å². The first-order valence-corrected chi connectivity index (χ1v) is 9.42. The van der Waals surface area contributed by atoms with Crippen molar-refractivity contribution >= 4 is 0 Å². The molecule has 0 saturated heterocycles. The average Bonchev–Trinajstić information content (AvgIpc) is 2.42. The van der Waals surface area contributed by atoms with Crippen LogP contribution in [0.4, 0.5) is 0 Å². The van der Waals surface area contributed by atoms with E-state index >= 15 is 0 Å². The van der Waals surface area contributed by atoms with Crippen LogP contribution in [-0.4, -0.2) is 18.0 Å². The van der Waals surface area contributed by atoms with Crippen LogP contribution in [0.5, 0.6) is 0 Å². The molecule has 0 aromatic rings. The van der Waals surface area contributed by atoms with Crippen LogP contribution in [0.1, 0.15) is 104 Å². The molecular formula is C19H40O2. The summed E-state index contributed by atoms with van der Waals surface area (Å²) in [6.07, 6.45) is 17.2. The second kappa shape index (κ2) is 16.3. The summed E-state index contributed by atoms with van der Waals surface area (Å²) in [7, 11) is 0. The van der Waals surface area contributed by atoms with Crippen LogP contribution in [0.3, 0.4) is 0 Å². The van der Waals surface area contributed by atoms with E-state index < -0.39 is 6.29 Å². The molecule has 0 heterocycles. The third kappa shape index (κ3) is 19.9. The van der Waals surface area contributed by atoms with Crippen molar-refractivity contribution < 1.29 is 9.84 Å². The first kappa shape index (κ1) is 20.9. The fraction of sp³-hybridized carbons (Fsp3) is 1.00. The van der Waals surface area contributed by atoms with E-state index in [9.17, 15) is 0 Å². The molecule has 1 atom stereocenters. The van der Waals surface area contributed by atoms with Crippen LogP contribution < -0.4 is 0 Å². The standard InChI is InChI=1S/C19H40O2/c1-18(2)16-14-12-10-8-6-4-5-7-9-11-13-15-17-21-19(3)20/h18-20H,4-17H2,1-3H3. The van der Waals surface area contributed by atoms with Crippen molar-refractivity contribution in [2.75, 3.05) is 6.61 Å². The zero-order chi connectivity index (χ0) is 15.8. The fourth-order valence-corrected chi connectivity index (χ4v) is 2.68. The number of hydrogen-bond acceptors (Lipinski definition) is 2. The average molecular weight is 301 g/mol. The third-order valence-electron chi connectivity index (χ3n) is 4.03. The summed E-state index contributed by atoms with van der Waals surface area (Å²) in [5, 5.41) is 8.95. The second-order valence-electron chi connectivity index (χ2n) is 6.90. The maximum Gasteiger partial charge on any atom is 0.151 e. The molecule has 1 N–H and O–H groups in total. The first-order chi connectivity index (χ1) is 10.1. The molecule has 0 aliphatic rings. The highest BCUT2D eigenvalue weighted by atomic mass is 16.6. The monoisotopic (exact) mass is 300 g/mol. The van der Waals surface area contributed by atoms with Gasteiger partial charge in [-0.3, -0.25) is 0 Å². The molecule has 0 bridgehead atoms. The predicted molar refractivity (Wildman–Crippen MR) is 92.5 cm³/mol. The largest absolute Gasteiger partial charge is 0.368 e. The van der Waals surface area contributed by atoms with Gasteiger partial charge in [0.15, 0.2) is 6.29 Å². The zero-order valence-corrected chi connectivity index (χ0v) is 14.9. The number of aliphatic hydroxyl groups is 1. The topological polar surface area (TPSA) is 29.5 Å². The number of aliphatic hydroxyl groups excluding tert-OH is 1. The van der Waals surface area contributed by atoms with Crippen molar-refractivity contribution in [1.29, 1.82) is 0 Å². The highest BCUT2D eigenvalue weighted by Gasteiger charge is 1.96. The summed E-state index contributed by atoms with van der Waals surface area (Å²) in [6.45, 7) is 7.01. The van der Waals surface area contributed by atoms with E-state index in [0.717, 1.165) is 12.3 Å². The Balaban J connectivity index is 2.96. The van der Waals surface area contributed by atoms with E-state index in [1.54, 1.807) is 6.92 Å². The molecule has 2 nitrogen and oxygen atoms in total. The van der Waals surface area contributed by atoms with Crippen LogP contribution in [0.25, 0.3) is 0 Å². The summed E-state index contributed by atoms with van der Waals surface area (Å²) >= 11 is 0. The SMILES string of the molecule is CC(C)CCCCCCCCCCCCCCOC(C)O. The van der Waals surface area contributed by atoms with Crippen molar-refractivity contribution in [2.45, 2.75) is 111 Å². The Kier molecular flexibility index (Phi) is 16.2. The van der Waals surface area contributed by atoms with Crippen molar-refractivity contribution in [3.8, 4) is 0 Å². The molecule has 0 aliphatic heterocycles. The quantitative estimate of drug-likeness (QED) is 0.277. The smallest absolute Gasteiger partial charge is 0.151 e. The molecule has 0 aromatic heterocycles. The van der Waals surface area contributed by atoms with Crippen LogP contribution in [0, 0.1) is 5.92 Å². The summed E-state index contributed by atoms with van der Waals surface area (Å²) in [5.41, 5.74) is 0. The van der Waals surface area contributed by atoms with E-state index in [-0.39, 0.29) is 0 Å². The maximum atomic E-state index is 8.95. The Hall–Kier alpha value is -0.0800. The van der Waals surface area contributed by atoms with Gasteiger partial charge in [0.05, 0.1) is 0 Å². The molecule has 0 fully saturated rings. The minimum atomic E-state index is -0.602. The Bertz CT molecular complexity index is 170. The second-order valence-corrected chi connectivity index (χ2v) is 6.90. The molecule has 1 unspecified atom stereocenters. The first-order valence-electron chi connectivity index (χ1n) is 9.42. The lowest BCUT2D eigenvalue weighted by Crippen LogP contribution is -2.06. The highest BCUT2D eigenvalue weighted by molar-refractivity contribution is 4.50. The molecule has 0 spiro atoms. The molecule has 0 amide bonds. The lowest BCUT2D eigenvalue weighted by molar-refractivity contribution is -0.0859. The van der Waals surface area contributed by atoms with Crippen molar-refractivity contribution in [3.05, 3.63) is 0 Å². The Morgan fingerprint density at radius 2 is 1.00 bits per heavy atom. The lowest BCUT2D eigenvalue weighted by atomic mass is 10.0. The molecule has 0 saturated carbocycles. The summed E-state index contributed by atoms with van der Waals surface area (Å²) in [4.78, 5) is 0. The van der Waals surface area contributed by atoms with E-state index in [1.165, 1.54) is 77.0 Å². The molecule has 0 aliphatic carbocycles. The molecule has 0 aromatic carbocycles. The Morgan fingerprint density at radius 3 is 1.38 bits per heavy atom. The summed E-state index contributed by atoms with van der Waals surface area (Å²) in [6, 6.07) is 0. The molecule has 0 radical (unpaired) electrons. The number of ether oxygens (including phenoxy) is 1. The fourth-order valence-electron chi connectivity index (χ4n) is 2.68. The molecular weight excluding hydrogens is 260 g/mol. The normalized spacial score (nSPS) is 13.0. The van der Waals surface area contributed by atoms with Gasteiger partial charge in [-0.05, 0) is 19.3 Å². The maximum absolute atomic E-state index is 8.95. The Morgan fingerprint density at radius 1 is 0.619 bits per heavy atom. The van der Waals surface area contributed by atoms with Crippen LogP contribution in [0.2, 0.25) is 0 Å². The lowest BCUT2D eigenvalue weighted by Gasteiger charge is -2.06. The molecule has 128 valence electrons. The predicted octanol–water partition coefficient (Wildman–Crippen LogP) is 6.07. The zero-order valence-electron chi connectivity index (χ0n) is 14.9. The van der Waals surface area contributed by atoms with Gasteiger partial charge in [-0.15, -0.1) is 0 Å². The third-order valence-corrected chi connectivity index (χ3v) is 4.03. The highest BCUT2D eigenvalue weighted by Crippen LogP contribution is 2.14. The van der Waals surface area contributed by atoms with Gasteiger partial charge in [-0.2, -0.15) is 0 Å². The van der Waals surface area contributed by atoms with E-state index in [4.69, 9.17) is 9.84 Å². The summed E-state index contributed by atoms with van der Waals surface area (Å²) < 4.78 is 5.11. The molecule has 2 heteroatoms. The summed E-state index contributed by atoms with van der Waals surface area (Å²) in [5.74, 6) is 0.878. The van der Waals surface area contributed by atoms with Gasteiger partial charge >= 0.3 is 0 Å². The van der Waals surface area contributed by atoms with E-state index in [1.807, 2.05) is 0 Å². The molecule has 0 rings (SSSR count). The minimum absolute atomic E-state index is 0.602. The van der Waals surface area contributed by atoms with Crippen molar-refractivity contribution in [1.82, 2.24) is 0 Å². The number of rotatable bonds is 16. The van der Waals surface area contributed by atoms with E-state index in [0.29, 0.717) is 6.61 Å². The van der Waals surface area contributed by atoms with E-state index in [2.05, 4.69) is 13.8 Å². The van der Waals surface area contributed by atoms with Crippen LogP contribution in [-0.2, 0) is 4.74 Å². The van der Waals surface area contributed by atoms with Crippen LogP contribution >= 0.6 is 0 Å². The van der Waals surface area contributed by atoms with Crippen molar-refractivity contribution in [3.63, 3.8) is 0 Å². The Labute approximate surface area is 133 Å². The van der Waals surface area contributed by atoms with Gasteiger partial charge in [-0.25, -0.2) is 0 Å². The van der Waals surface area contributed by atoms with Gasteiger partial charge in [0.25, 0.3) is 0 Å². The number of unbranched alkanes of at least 4 members (excludes halogenated alkanes) is 11. The van der Waals surface area contributed by atoms with Gasteiger partial charge in [0.1, 0.15) is 0 Å². The minimum Gasteiger partial charge on any atom is -0.368 e.